The highest BCUT2D eigenvalue weighted by Gasteiger charge is 2.46. The average molecular weight is 674 g/mol. The molecule has 0 saturated carbocycles. The molecule has 3 N–H and O–H groups in total. The predicted molar refractivity (Wildman–Crippen MR) is 136 cm³/mol. The number of alkyl halides is 3. The summed E-state index contributed by atoms with van der Waals surface area (Å²) in [6.45, 7) is 1.18. The van der Waals surface area contributed by atoms with E-state index in [1.807, 2.05) is 4.98 Å². The van der Waals surface area contributed by atoms with Crippen LogP contribution in [0.25, 0.3) is 0 Å². The summed E-state index contributed by atoms with van der Waals surface area (Å²) in [7, 11) is -4.21. The molecule has 1 aromatic carbocycles. The Morgan fingerprint density at radius 3 is 2.51 bits per heavy atom. The summed E-state index contributed by atoms with van der Waals surface area (Å²) in [6.07, 6.45) is -8.67. The van der Waals surface area contributed by atoms with Crippen LogP contribution in [-0.4, -0.2) is 57.2 Å². The number of anilines is 1. The highest BCUT2D eigenvalue weighted by Crippen LogP contribution is 2.47. The first kappa shape index (κ1) is 32.5. The van der Waals surface area contributed by atoms with Gasteiger partial charge >= 0.3 is 25.7 Å². The smallest absolute Gasteiger partial charge is 0.468 e. The molecule has 0 spiro atoms. The van der Waals surface area contributed by atoms with Gasteiger partial charge < -0.3 is 19.1 Å². The number of aromatic nitrogens is 2. The molecular formula is C22H24BrF3N3O11P. The number of aromatic amines is 1. The summed E-state index contributed by atoms with van der Waals surface area (Å²) >= 11 is 2.92. The van der Waals surface area contributed by atoms with E-state index in [1.54, 1.807) is 0 Å². The van der Waals surface area contributed by atoms with E-state index in [0.29, 0.717) is 0 Å². The Morgan fingerprint density at radius 2 is 1.95 bits per heavy atom. The van der Waals surface area contributed by atoms with Gasteiger partial charge in [0, 0.05) is 23.7 Å². The van der Waals surface area contributed by atoms with Gasteiger partial charge in [-0.1, -0.05) is 15.9 Å². The lowest BCUT2D eigenvalue weighted by molar-refractivity contribution is -0.169. The minimum absolute atomic E-state index is 0.00618. The molecule has 3 rings (SSSR count). The van der Waals surface area contributed by atoms with Gasteiger partial charge in [-0.3, -0.25) is 24.1 Å². The van der Waals surface area contributed by atoms with Crippen LogP contribution in [0.2, 0.25) is 0 Å². The van der Waals surface area contributed by atoms with Crippen molar-refractivity contribution in [3.05, 3.63) is 74.2 Å². The third kappa shape index (κ3) is 8.28. The fourth-order valence-corrected chi connectivity index (χ4v) is 4.72. The molecule has 14 nitrogen and oxygen atoms in total. The number of rotatable bonds is 11. The Kier molecular flexibility index (Phi) is 10.6. The normalized spacial score (nSPS) is 22.2. The summed E-state index contributed by atoms with van der Waals surface area (Å²) in [6, 6.07) is 3.11. The minimum Gasteiger partial charge on any atom is -0.468 e. The lowest BCUT2D eigenvalue weighted by atomic mass is 10.2. The van der Waals surface area contributed by atoms with Crippen LogP contribution in [0.15, 0.2) is 57.4 Å². The fraction of sp³-hybridized carbons (Fsp3) is 0.409. The molecule has 2 heterocycles. The monoisotopic (exact) mass is 673 g/mol. The molecule has 0 aliphatic carbocycles. The van der Waals surface area contributed by atoms with Crippen LogP contribution in [0.1, 0.15) is 25.1 Å². The van der Waals surface area contributed by atoms with Gasteiger partial charge in [-0.25, -0.2) is 23.7 Å². The first-order valence-electron chi connectivity index (χ1n) is 11.5. The van der Waals surface area contributed by atoms with Crippen molar-refractivity contribution in [1.29, 1.82) is 0 Å². The van der Waals surface area contributed by atoms with Crippen LogP contribution in [0.5, 0.6) is 0 Å². The van der Waals surface area contributed by atoms with Gasteiger partial charge in [-0.05, 0) is 31.2 Å². The van der Waals surface area contributed by atoms with Crippen LogP contribution in [-0.2, 0) is 38.9 Å². The SMILES string of the molecule is CON(c1ccc(C(F)(F)F)cc1)[C@@H](C)C(=O)OP(=O)(O)O[C@H](O/C=C/Br)[C@H]1O[C@@H](n2ccc(=O)[nH]c2=O)C[C@@H]1O. The van der Waals surface area contributed by atoms with Crippen molar-refractivity contribution in [2.75, 3.05) is 12.2 Å². The number of carbonyl (C=O) groups is 1. The molecule has 0 amide bonds. The third-order valence-corrected chi connectivity index (χ3v) is 6.71. The maximum Gasteiger partial charge on any atom is 0.532 e. The quantitative estimate of drug-likeness (QED) is 0.138. The minimum atomic E-state index is -5.32. The number of phosphoric acid groups is 1. The van der Waals surface area contributed by atoms with E-state index in [2.05, 4.69) is 20.5 Å². The van der Waals surface area contributed by atoms with Gasteiger partial charge in [0.05, 0.1) is 30.7 Å². The van der Waals surface area contributed by atoms with Crippen molar-refractivity contribution in [2.24, 2.45) is 0 Å². The lowest BCUT2D eigenvalue weighted by Crippen LogP contribution is -2.40. The summed E-state index contributed by atoms with van der Waals surface area (Å²) < 4.78 is 72.8. The molecule has 0 bridgehead atoms. The van der Waals surface area contributed by atoms with Crippen LogP contribution < -0.4 is 16.3 Å². The highest BCUT2D eigenvalue weighted by molar-refractivity contribution is 9.11. The number of halogens is 4. The van der Waals surface area contributed by atoms with Crippen molar-refractivity contribution < 1.29 is 55.9 Å². The predicted octanol–water partition coefficient (Wildman–Crippen LogP) is 2.53. The first-order valence-corrected chi connectivity index (χ1v) is 13.9. The Bertz CT molecular complexity index is 1400. The van der Waals surface area contributed by atoms with Crippen molar-refractivity contribution >= 4 is 35.4 Å². The van der Waals surface area contributed by atoms with E-state index < -0.39 is 67.5 Å². The van der Waals surface area contributed by atoms with Crippen molar-refractivity contribution in [3.63, 3.8) is 0 Å². The zero-order chi connectivity index (χ0) is 30.5. The number of benzene rings is 1. The number of hydrogen-bond donors (Lipinski definition) is 3. The molecule has 2 aromatic rings. The molecular weight excluding hydrogens is 650 g/mol. The maximum absolute atomic E-state index is 12.9. The van der Waals surface area contributed by atoms with Gasteiger partial charge in [-0.15, -0.1) is 0 Å². The van der Waals surface area contributed by atoms with Gasteiger partial charge in [0.15, 0.2) is 6.04 Å². The fourth-order valence-electron chi connectivity index (χ4n) is 3.74. The summed E-state index contributed by atoms with van der Waals surface area (Å²) in [5, 5.41) is 11.4. The maximum atomic E-state index is 12.9. The molecule has 1 unspecified atom stereocenters. The molecule has 1 fully saturated rings. The van der Waals surface area contributed by atoms with E-state index in [1.165, 1.54) is 11.9 Å². The second kappa shape index (κ2) is 13.3. The van der Waals surface area contributed by atoms with Crippen LogP contribution >= 0.6 is 23.8 Å². The number of nitrogens with zero attached hydrogens (tertiary/aromatic N) is 2. The summed E-state index contributed by atoms with van der Waals surface area (Å²) in [5.41, 5.74) is -2.47. The molecule has 0 radical (unpaired) electrons. The molecule has 6 atom stereocenters. The van der Waals surface area contributed by atoms with Crippen molar-refractivity contribution in [1.82, 2.24) is 9.55 Å². The number of aliphatic hydroxyl groups excluding tert-OH is 1. The number of hydroxylamine groups is 1. The number of nitrogens with one attached hydrogen (secondary N) is 1. The van der Waals surface area contributed by atoms with Crippen LogP contribution in [0.3, 0.4) is 0 Å². The standard InChI is InChI=1S/C22H24BrF3N3O11P/c1-12(29(36-2)14-5-3-13(4-6-14)22(24,25)26)19(32)39-41(34,35)40-20(37-10-8-23)18-15(30)11-17(38-18)28-9-7-16(31)27-21(28)33/h3-10,12,15,17-18,20,30H,11H2,1-2H3,(H,34,35)(H,27,31,33)/b10-8+/t12-,15-,17+,18-,20-/m0/s1. The van der Waals surface area contributed by atoms with Gasteiger partial charge in [0.1, 0.15) is 12.3 Å². The Morgan fingerprint density at radius 1 is 1.29 bits per heavy atom. The molecule has 1 aliphatic heterocycles. The Balaban J connectivity index is 1.73. The second-order valence-electron chi connectivity index (χ2n) is 8.36. The third-order valence-electron chi connectivity index (χ3n) is 5.61. The van der Waals surface area contributed by atoms with E-state index in [-0.39, 0.29) is 12.1 Å². The van der Waals surface area contributed by atoms with E-state index in [0.717, 1.165) is 59.5 Å². The molecule has 226 valence electrons. The number of carbonyl (C=O) groups excluding carboxylic acids is 1. The van der Waals surface area contributed by atoms with E-state index in [4.69, 9.17) is 18.8 Å². The molecule has 1 aliphatic rings. The molecule has 41 heavy (non-hydrogen) atoms. The topological polar surface area (TPSA) is 179 Å². The van der Waals surface area contributed by atoms with Crippen LogP contribution in [0, 0.1) is 0 Å². The summed E-state index contributed by atoms with van der Waals surface area (Å²) in [5.74, 6) is -1.38. The molecule has 1 aromatic heterocycles. The summed E-state index contributed by atoms with van der Waals surface area (Å²) in [4.78, 5) is 54.7. The number of hydrogen-bond acceptors (Lipinski definition) is 11. The zero-order valence-electron chi connectivity index (χ0n) is 21.1. The van der Waals surface area contributed by atoms with Gasteiger partial charge in [-0.2, -0.15) is 13.2 Å². The van der Waals surface area contributed by atoms with E-state index >= 15 is 0 Å². The van der Waals surface area contributed by atoms with Crippen LogP contribution in [0.4, 0.5) is 18.9 Å². The Hall–Kier alpha value is -2.99. The van der Waals surface area contributed by atoms with Crippen molar-refractivity contribution in [2.45, 2.75) is 50.3 Å². The largest absolute Gasteiger partial charge is 0.532 e. The Labute approximate surface area is 237 Å². The number of H-pyrrole nitrogens is 1. The highest BCUT2D eigenvalue weighted by atomic mass is 79.9. The van der Waals surface area contributed by atoms with Crippen molar-refractivity contribution in [3.8, 4) is 0 Å². The second-order valence-corrected chi connectivity index (χ2v) is 10.2. The van der Waals surface area contributed by atoms with Gasteiger partial charge in [0.2, 0.25) is 6.29 Å². The van der Waals surface area contributed by atoms with Gasteiger partial charge in [0.25, 0.3) is 5.56 Å². The number of ether oxygens (including phenoxy) is 2. The number of phosphoric ester groups is 1. The molecule has 19 heteroatoms. The lowest BCUT2D eigenvalue weighted by Gasteiger charge is -2.29. The zero-order valence-corrected chi connectivity index (χ0v) is 23.6. The molecule has 1 saturated heterocycles. The van der Waals surface area contributed by atoms with E-state index in [9.17, 15) is 42.1 Å². The average Bonchev–Trinajstić information content (AvgIpc) is 3.27. The first-order chi connectivity index (χ1) is 19.2. The number of aliphatic hydroxyl groups is 1.